The maximum absolute atomic E-state index is 10.8. The van der Waals surface area contributed by atoms with E-state index in [0.717, 1.165) is 38.3 Å². The lowest BCUT2D eigenvalue weighted by Gasteiger charge is -2.33. The number of aromatic nitrogens is 4. The van der Waals surface area contributed by atoms with E-state index in [2.05, 4.69) is 25.1 Å². The molecule has 0 aromatic carbocycles. The molecule has 0 unspecified atom stereocenters. The maximum atomic E-state index is 10.8. The van der Waals surface area contributed by atoms with Crippen LogP contribution in [0.25, 0.3) is 0 Å². The zero-order chi connectivity index (χ0) is 16.8. The lowest BCUT2D eigenvalue weighted by molar-refractivity contribution is -0.118. The molecule has 2 aromatic rings. The number of hydrogen-bond acceptors (Lipinski definition) is 7. The Balaban J connectivity index is 1.61. The highest BCUT2D eigenvalue weighted by Gasteiger charge is 2.18. The fourth-order valence-electron chi connectivity index (χ4n) is 2.60. The normalized spacial score (nSPS) is 14.5. The summed E-state index contributed by atoms with van der Waals surface area (Å²) in [6, 6.07) is 4.02. The topological polar surface area (TPSA) is 78.4 Å². The summed E-state index contributed by atoms with van der Waals surface area (Å²) in [6.45, 7) is 3.74. The zero-order valence-electron chi connectivity index (χ0n) is 13.7. The number of anilines is 2. The second-order valence-electron chi connectivity index (χ2n) is 5.77. The highest BCUT2D eigenvalue weighted by Crippen LogP contribution is 2.15. The fraction of sp³-hybridized carbons (Fsp3) is 0.438. The smallest absolute Gasteiger partial charge is 0.247 e. The van der Waals surface area contributed by atoms with Gasteiger partial charge in [-0.2, -0.15) is 10.1 Å². The first-order valence-corrected chi connectivity index (χ1v) is 8.00. The Kier molecular flexibility index (Phi) is 5.15. The summed E-state index contributed by atoms with van der Waals surface area (Å²) in [6.07, 6.45) is 7.06. The number of rotatable bonds is 6. The van der Waals surface area contributed by atoms with Crippen LogP contribution in [0.2, 0.25) is 0 Å². The first kappa shape index (κ1) is 16.1. The first-order chi connectivity index (χ1) is 11.8. The molecule has 2 aromatic heterocycles. The van der Waals surface area contributed by atoms with Crippen LogP contribution in [0.4, 0.5) is 11.8 Å². The minimum Gasteiger partial charge on any atom is -0.352 e. The van der Waals surface area contributed by atoms with E-state index >= 15 is 0 Å². The Morgan fingerprint density at radius 2 is 1.96 bits per heavy atom. The van der Waals surface area contributed by atoms with Gasteiger partial charge in [0.2, 0.25) is 12.4 Å². The van der Waals surface area contributed by atoms with Gasteiger partial charge in [0.1, 0.15) is 0 Å². The summed E-state index contributed by atoms with van der Waals surface area (Å²) in [7, 11) is 1.96. The molecule has 0 saturated carbocycles. The number of amides is 1. The summed E-state index contributed by atoms with van der Waals surface area (Å²) in [5.41, 5.74) is 1.23. The summed E-state index contributed by atoms with van der Waals surface area (Å²) in [5, 5.41) is 8.22. The molecule has 24 heavy (non-hydrogen) atoms. The molecule has 1 saturated heterocycles. The Morgan fingerprint density at radius 1 is 1.21 bits per heavy atom. The van der Waals surface area contributed by atoms with Crippen molar-refractivity contribution >= 4 is 18.2 Å². The molecule has 1 amide bonds. The van der Waals surface area contributed by atoms with Crippen molar-refractivity contribution in [2.45, 2.75) is 6.42 Å². The van der Waals surface area contributed by atoms with Gasteiger partial charge in [-0.15, -0.1) is 5.10 Å². The van der Waals surface area contributed by atoms with Gasteiger partial charge in [-0.25, -0.2) is 0 Å². The molecule has 0 bridgehead atoms. The van der Waals surface area contributed by atoms with Crippen molar-refractivity contribution in [1.29, 1.82) is 0 Å². The van der Waals surface area contributed by atoms with Gasteiger partial charge in [-0.1, -0.05) is 0 Å². The van der Waals surface area contributed by atoms with Crippen LogP contribution in [0, 0.1) is 0 Å². The predicted molar refractivity (Wildman–Crippen MR) is 90.9 cm³/mol. The van der Waals surface area contributed by atoms with E-state index in [1.807, 2.05) is 24.1 Å². The third kappa shape index (κ3) is 3.95. The second-order valence-corrected chi connectivity index (χ2v) is 5.77. The van der Waals surface area contributed by atoms with Crippen LogP contribution in [-0.4, -0.2) is 71.2 Å². The largest absolute Gasteiger partial charge is 0.352 e. The molecule has 3 heterocycles. The Labute approximate surface area is 141 Å². The third-order valence-corrected chi connectivity index (χ3v) is 4.15. The molecule has 1 fully saturated rings. The van der Waals surface area contributed by atoms with Gasteiger partial charge in [0, 0.05) is 52.2 Å². The molecule has 126 valence electrons. The van der Waals surface area contributed by atoms with E-state index in [9.17, 15) is 4.79 Å². The van der Waals surface area contributed by atoms with E-state index in [-0.39, 0.29) is 0 Å². The van der Waals surface area contributed by atoms with Crippen molar-refractivity contribution in [2.75, 3.05) is 49.6 Å². The van der Waals surface area contributed by atoms with E-state index in [4.69, 9.17) is 0 Å². The van der Waals surface area contributed by atoms with Crippen molar-refractivity contribution in [3.8, 4) is 0 Å². The number of hydrogen-bond donors (Lipinski definition) is 0. The summed E-state index contributed by atoms with van der Waals surface area (Å²) in [4.78, 5) is 25.3. The lowest BCUT2D eigenvalue weighted by Crippen LogP contribution is -2.46. The summed E-state index contributed by atoms with van der Waals surface area (Å²) in [5.74, 6) is 1.42. The van der Waals surface area contributed by atoms with E-state index in [1.165, 1.54) is 5.56 Å². The number of likely N-dealkylation sites (N-methyl/N-ethyl adjacent to an activating group) is 1. The molecule has 0 aliphatic carbocycles. The van der Waals surface area contributed by atoms with Crippen LogP contribution < -0.4 is 9.80 Å². The highest BCUT2D eigenvalue weighted by molar-refractivity contribution is 5.49. The average Bonchev–Trinajstić information content (AvgIpc) is 2.67. The molecule has 8 heteroatoms. The third-order valence-electron chi connectivity index (χ3n) is 4.15. The number of carbonyl (C=O) groups excluding carboxylic acids is 1. The SMILES string of the molecule is CN(CCc1ccncc1)c1nncc(N2CCN(C=O)CC2)n1. The second kappa shape index (κ2) is 7.67. The summed E-state index contributed by atoms with van der Waals surface area (Å²) < 4.78 is 0. The molecule has 0 atom stereocenters. The van der Waals surface area contributed by atoms with Gasteiger partial charge in [0.25, 0.3) is 0 Å². The van der Waals surface area contributed by atoms with Crippen LogP contribution in [0.3, 0.4) is 0 Å². The molecule has 0 spiro atoms. The number of carbonyl (C=O) groups is 1. The Morgan fingerprint density at radius 3 is 2.67 bits per heavy atom. The minimum atomic E-state index is 0.611. The highest BCUT2D eigenvalue weighted by atomic mass is 16.1. The average molecular weight is 327 g/mol. The molecule has 0 N–H and O–H groups in total. The Hall–Kier alpha value is -2.77. The summed E-state index contributed by atoms with van der Waals surface area (Å²) >= 11 is 0. The van der Waals surface area contributed by atoms with Gasteiger partial charge in [-0.3, -0.25) is 9.78 Å². The van der Waals surface area contributed by atoms with Crippen LogP contribution in [0.1, 0.15) is 5.56 Å². The van der Waals surface area contributed by atoms with Crippen molar-refractivity contribution < 1.29 is 4.79 Å². The van der Waals surface area contributed by atoms with Crippen molar-refractivity contribution in [3.05, 3.63) is 36.3 Å². The van der Waals surface area contributed by atoms with Crippen LogP contribution >= 0.6 is 0 Å². The number of piperazine rings is 1. The molecule has 8 nitrogen and oxygen atoms in total. The molecule has 1 aliphatic heterocycles. The van der Waals surface area contributed by atoms with Gasteiger partial charge >= 0.3 is 0 Å². The van der Waals surface area contributed by atoms with Crippen molar-refractivity contribution in [1.82, 2.24) is 25.1 Å². The van der Waals surface area contributed by atoms with Gasteiger partial charge in [-0.05, 0) is 24.1 Å². The molecular weight excluding hydrogens is 306 g/mol. The van der Waals surface area contributed by atoms with E-state index in [0.29, 0.717) is 19.0 Å². The van der Waals surface area contributed by atoms with Crippen LogP contribution in [0.5, 0.6) is 0 Å². The molecule has 0 radical (unpaired) electrons. The van der Waals surface area contributed by atoms with Crippen molar-refractivity contribution in [3.63, 3.8) is 0 Å². The van der Waals surface area contributed by atoms with Gasteiger partial charge in [0.15, 0.2) is 5.82 Å². The van der Waals surface area contributed by atoms with E-state index in [1.54, 1.807) is 23.5 Å². The maximum Gasteiger partial charge on any atom is 0.247 e. The van der Waals surface area contributed by atoms with Gasteiger partial charge in [0.05, 0.1) is 6.20 Å². The van der Waals surface area contributed by atoms with Crippen LogP contribution in [-0.2, 0) is 11.2 Å². The molecular formula is C16H21N7O. The van der Waals surface area contributed by atoms with E-state index < -0.39 is 0 Å². The number of pyridine rings is 1. The fourth-order valence-corrected chi connectivity index (χ4v) is 2.60. The standard InChI is InChI=1S/C16H21N7O/c1-21(7-4-14-2-5-17-6-3-14)16-19-15(12-18-20-16)23-10-8-22(13-24)9-11-23/h2-3,5-6,12-13H,4,7-11H2,1H3. The first-order valence-electron chi connectivity index (χ1n) is 8.00. The predicted octanol–water partition coefficient (Wildman–Crippen LogP) is 0.224. The lowest BCUT2D eigenvalue weighted by atomic mass is 10.2. The zero-order valence-corrected chi connectivity index (χ0v) is 13.7. The van der Waals surface area contributed by atoms with Gasteiger partial charge < -0.3 is 14.7 Å². The van der Waals surface area contributed by atoms with Crippen molar-refractivity contribution in [2.24, 2.45) is 0 Å². The molecule has 1 aliphatic rings. The quantitative estimate of drug-likeness (QED) is 0.703. The van der Waals surface area contributed by atoms with Crippen LogP contribution in [0.15, 0.2) is 30.7 Å². The minimum absolute atomic E-state index is 0.611. The molecule has 3 rings (SSSR count). The Bertz CT molecular complexity index is 658. The monoisotopic (exact) mass is 327 g/mol. The number of nitrogens with zero attached hydrogens (tertiary/aromatic N) is 7.